The minimum atomic E-state index is -0.118. The molecule has 126 valence electrons. The van der Waals surface area contributed by atoms with E-state index in [9.17, 15) is 9.59 Å². The number of amides is 2. The van der Waals surface area contributed by atoms with Gasteiger partial charge in [0.1, 0.15) is 0 Å². The molecule has 1 saturated heterocycles. The number of nitrogens with zero attached hydrogens (tertiary/aromatic N) is 4. The van der Waals surface area contributed by atoms with Gasteiger partial charge < -0.3 is 4.90 Å². The molecule has 1 atom stereocenters. The molecule has 0 N–H and O–H groups in total. The van der Waals surface area contributed by atoms with Crippen LogP contribution in [0.25, 0.3) is 0 Å². The molecule has 2 aliphatic rings. The Balaban J connectivity index is 1.70. The van der Waals surface area contributed by atoms with Crippen LogP contribution in [0.5, 0.6) is 0 Å². The first-order valence-corrected chi connectivity index (χ1v) is 8.42. The molecule has 0 aliphatic carbocycles. The Labute approximate surface area is 136 Å². The minimum Gasteiger partial charge on any atom is -0.335 e. The maximum atomic E-state index is 12.5. The van der Waals surface area contributed by atoms with Gasteiger partial charge in [0.25, 0.3) is 0 Å². The van der Waals surface area contributed by atoms with Crippen molar-refractivity contribution in [2.45, 2.75) is 51.6 Å². The fourth-order valence-corrected chi connectivity index (χ4v) is 3.20. The van der Waals surface area contributed by atoms with Crippen molar-refractivity contribution in [1.29, 1.82) is 0 Å². The predicted molar refractivity (Wildman–Crippen MR) is 83.1 cm³/mol. The summed E-state index contributed by atoms with van der Waals surface area (Å²) in [6, 6.07) is 1.80. The van der Waals surface area contributed by atoms with E-state index in [2.05, 4.69) is 5.10 Å². The van der Waals surface area contributed by atoms with Crippen molar-refractivity contribution in [3.05, 3.63) is 18.0 Å². The topological polar surface area (TPSA) is 67.7 Å². The number of rotatable bonds is 4. The molecule has 0 saturated carbocycles. The number of hydrogen-bond donors (Lipinski definition) is 0. The summed E-state index contributed by atoms with van der Waals surface area (Å²) in [4.78, 5) is 32.0. The Kier molecular flexibility index (Phi) is 4.95. The van der Waals surface area contributed by atoms with Crippen LogP contribution in [-0.2, 0) is 21.0 Å². The first-order chi connectivity index (χ1) is 11.2. The zero-order chi connectivity index (χ0) is 16.2. The summed E-state index contributed by atoms with van der Waals surface area (Å²) in [6.45, 7) is 4.36. The van der Waals surface area contributed by atoms with Crippen LogP contribution in [0.15, 0.2) is 12.3 Å². The number of hydroxylamine groups is 2. The van der Waals surface area contributed by atoms with Crippen molar-refractivity contribution in [2.24, 2.45) is 0 Å². The van der Waals surface area contributed by atoms with Gasteiger partial charge in [-0.25, -0.2) is 5.06 Å². The van der Waals surface area contributed by atoms with E-state index in [0.29, 0.717) is 39.1 Å². The Hall–Kier alpha value is -1.89. The quantitative estimate of drug-likeness (QED) is 0.843. The second-order valence-electron chi connectivity index (χ2n) is 6.19. The predicted octanol–water partition coefficient (Wildman–Crippen LogP) is 1.51. The third kappa shape index (κ3) is 3.55. The van der Waals surface area contributed by atoms with Crippen molar-refractivity contribution in [3.8, 4) is 0 Å². The van der Waals surface area contributed by atoms with Gasteiger partial charge in [-0.1, -0.05) is 6.92 Å². The summed E-state index contributed by atoms with van der Waals surface area (Å²) < 4.78 is 1.89. The molecule has 0 aromatic carbocycles. The van der Waals surface area contributed by atoms with Crippen LogP contribution < -0.4 is 0 Å². The van der Waals surface area contributed by atoms with Gasteiger partial charge in [-0.05, 0) is 25.3 Å². The summed E-state index contributed by atoms with van der Waals surface area (Å²) in [5, 5.41) is 5.82. The normalized spacial score (nSPS) is 21.2. The van der Waals surface area contributed by atoms with E-state index in [1.807, 2.05) is 22.6 Å². The molecule has 0 bridgehead atoms. The fourth-order valence-electron chi connectivity index (χ4n) is 3.20. The molecule has 23 heavy (non-hydrogen) atoms. The van der Waals surface area contributed by atoms with Crippen LogP contribution in [0.4, 0.5) is 0 Å². The van der Waals surface area contributed by atoms with Gasteiger partial charge in [-0.15, -0.1) is 0 Å². The van der Waals surface area contributed by atoms with Crippen LogP contribution in [-0.4, -0.2) is 51.3 Å². The van der Waals surface area contributed by atoms with Crippen LogP contribution >= 0.6 is 0 Å². The smallest absolute Gasteiger partial charge is 0.248 e. The molecule has 3 rings (SSSR count). The second-order valence-corrected chi connectivity index (χ2v) is 6.19. The van der Waals surface area contributed by atoms with E-state index in [4.69, 9.17) is 4.84 Å². The Morgan fingerprint density at radius 2 is 2.22 bits per heavy atom. The van der Waals surface area contributed by atoms with Crippen molar-refractivity contribution in [2.75, 3.05) is 19.7 Å². The standard InChI is InChI=1S/C16H24N4O3/c1-2-5-15(21)18-11-13-6-7-17-20(13)14(12-18)10-16(22)19-8-3-4-9-23-19/h6-7,14H,2-5,8-12H2,1H3. The molecule has 1 aromatic rings. The number of carbonyl (C=O) groups is 2. The minimum absolute atomic E-state index is 0.0269. The van der Waals surface area contributed by atoms with Crippen LogP contribution in [0.1, 0.15) is 50.8 Å². The lowest BCUT2D eigenvalue weighted by atomic mass is 10.1. The molecule has 0 radical (unpaired) electrons. The lowest BCUT2D eigenvalue weighted by molar-refractivity contribution is -0.198. The molecule has 1 fully saturated rings. The van der Waals surface area contributed by atoms with E-state index < -0.39 is 0 Å². The van der Waals surface area contributed by atoms with E-state index in [0.717, 1.165) is 25.0 Å². The molecule has 1 unspecified atom stereocenters. The van der Waals surface area contributed by atoms with Crippen LogP contribution in [0, 0.1) is 0 Å². The zero-order valence-corrected chi connectivity index (χ0v) is 13.6. The molecule has 1 aromatic heterocycles. The number of hydrogen-bond acceptors (Lipinski definition) is 4. The van der Waals surface area contributed by atoms with E-state index in [1.54, 1.807) is 6.20 Å². The first kappa shape index (κ1) is 16.0. The highest BCUT2D eigenvalue weighted by atomic mass is 16.7. The van der Waals surface area contributed by atoms with Gasteiger partial charge in [0.2, 0.25) is 11.8 Å². The number of aromatic nitrogens is 2. The SMILES string of the molecule is CCCC(=O)N1Cc2ccnn2C(CC(=O)N2CCCCO2)C1. The molecular formula is C16H24N4O3. The highest BCUT2D eigenvalue weighted by Crippen LogP contribution is 2.25. The summed E-state index contributed by atoms with van der Waals surface area (Å²) >= 11 is 0. The molecule has 0 spiro atoms. The lowest BCUT2D eigenvalue weighted by Crippen LogP contribution is -2.44. The van der Waals surface area contributed by atoms with Crippen molar-refractivity contribution < 1.29 is 14.4 Å². The van der Waals surface area contributed by atoms with Gasteiger partial charge in [-0.3, -0.25) is 19.1 Å². The third-order valence-corrected chi connectivity index (χ3v) is 4.39. The average Bonchev–Trinajstić information content (AvgIpc) is 3.04. The fraction of sp³-hybridized carbons (Fsp3) is 0.688. The number of carbonyl (C=O) groups excluding carboxylic acids is 2. The van der Waals surface area contributed by atoms with Gasteiger partial charge in [0.15, 0.2) is 0 Å². The average molecular weight is 320 g/mol. The monoisotopic (exact) mass is 320 g/mol. The largest absolute Gasteiger partial charge is 0.335 e. The van der Waals surface area contributed by atoms with Gasteiger partial charge in [-0.2, -0.15) is 5.10 Å². The summed E-state index contributed by atoms with van der Waals surface area (Å²) in [5.74, 6) is 0.118. The Morgan fingerprint density at radius 1 is 1.35 bits per heavy atom. The first-order valence-electron chi connectivity index (χ1n) is 8.42. The number of fused-ring (bicyclic) bond motifs is 1. The second kappa shape index (κ2) is 7.12. The molecule has 2 aliphatic heterocycles. The van der Waals surface area contributed by atoms with Crippen molar-refractivity contribution in [1.82, 2.24) is 19.7 Å². The van der Waals surface area contributed by atoms with Gasteiger partial charge in [0, 0.05) is 25.7 Å². The molecule has 7 heteroatoms. The molecular weight excluding hydrogens is 296 g/mol. The lowest BCUT2D eigenvalue weighted by Gasteiger charge is -2.35. The maximum Gasteiger partial charge on any atom is 0.248 e. The summed E-state index contributed by atoms with van der Waals surface area (Å²) in [6.07, 6.45) is 5.40. The molecule has 2 amide bonds. The maximum absolute atomic E-state index is 12.5. The van der Waals surface area contributed by atoms with Gasteiger partial charge in [0.05, 0.1) is 31.3 Å². The van der Waals surface area contributed by atoms with Crippen molar-refractivity contribution >= 4 is 11.8 Å². The highest BCUT2D eigenvalue weighted by molar-refractivity contribution is 5.77. The van der Waals surface area contributed by atoms with E-state index in [-0.39, 0.29) is 17.9 Å². The van der Waals surface area contributed by atoms with Crippen molar-refractivity contribution in [3.63, 3.8) is 0 Å². The summed E-state index contributed by atoms with van der Waals surface area (Å²) in [7, 11) is 0. The third-order valence-electron chi connectivity index (χ3n) is 4.39. The zero-order valence-electron chi connectivity index (χ0n) is 13.6. The van der Waals surface area contributed by atoms with Gasteiger partial charge >= 0.3 is 0 Å². The van der Waals surface area contributed by atoms with E-state index in [1.165, 1.54) is 5.06 Å². The summed E-state index contributed by atoms with van der Waals surface area (Å²) in [5.41, 5.74) is 0.984. The Morgan fingerprint density at radius 3 is 2.96 bits per heavy atom. The Bertz CT molecular complexity index is 565. The van der Waals surface area contributed by atoms with Crippen LogP contribution in [0.2, 0.25) is 0 Å². The highest BCUT2D eigenvalue weighted by Gasteiger charge is 2.31. The van der Waals surface area contributed by atoms with E-state index >= 15 is 0 Å². The van der Waals surface area contributed by atoms with Crippen LogP contribution in [0.3, 0.4) is 0 Å². The molecule has 7 nitrogen and oxygen atoms in total. The molecule has 3 heterocycles.